The lowest BCUT2D eigenvalue weighted by Crippen LogP contribution is -2.35. The van der Waals surface area contributed by atoms with Crippen molar-refractivity contribution in [3.63, 3.8) is 0 Å². The summed E-state index contributed by atoms with van der Waals surface area (Å²) < 4.78 is 18.1. The number of esters is 1. The van der Waals surface area contributed by atoms with Gasteiger partial charge in [0, 0.05) is 18.5 Å². The summed E-state index contributed by atoms with van der Waals surface area (Å²) in [5.41, 5.74) is 11.2. The fraction of sp³-hybridized carbons (Fsp3) is 0.455. The summed E-state index contributed by atoms with van der Waals surface area (Å²) in [5, 5.41) is 17.7. The van der Waals surface area contributed by atoms with Crippen LogP contribution in [-0.4, -0.2) is 58.0 Å². The van der Waals surface area contributed by atoms with Gasteiger partial charge in [0.2, 0.25) is 0 Å². The van der Waals surface area contributed by atoms with Gasteiger partial charge in [0.1, 0.15) is 36.4 Å². The minimum absolute atomic E-state index is 0.135. The molecule has 256 valence electrons. The summed E-state index contributed by atoms with van der Waals surface area (Å²) >= 11 is 0. The first kappa shape index (κ1) is 34.3. The summed E-state index contributed by atoms with van der Waals surface area (Å²) in [6.45, 7) is 5.46. The average Bonchev–Trinajstić information content (AvgIpc) is 3.82. The molecule has 15 nitrogen and oxygen atoms in total. The minimum Gasteiger partial charge on any atom is -0.457 e. The Morgan fingerprint density at radius 2 is 1.81 bits per heavy atom. The van der Waals surface area contributed by atoms with E-state index in [1.54, 1.807) is 18.4 Å². The number of imidazole rings is 1. The minimum atomic E-state index is -1.44. The van der Waals surface area contributed by atoms with E-state index in [4.69, 9.17) is 19.2 Å². The number of hydrogen-bond donors (Lipinski definition) is 4. The van der Waals surface area contributed by atoms with E-state index < -0.39 is 29.9 Å². The van der Waals surface area contributed by atoms with Gasteiger partial charge in [0.25, 0.3) is 0 Å². The summed E-state index contributed by atoms with van der Waals surface area (Å²) in [6.07, 6.45) is 1.62. The Hall–Kier alpha value is -5.02. The van der Waals surface area contributed by atoms with Crippen molar-refractivity contribution < 1.29 is 33.7 Å². The molecular weight excluding hydrogens is 622 g/mol. The second-order valence-corrected chi connectivity index (χ2v) is 12.1. The van der Waals surface area contributed by atoms with Crippen LogP contribution in [0.3, 0.4) is 0 Å². The molecule has 0 bridgehead atoms. The second kappa shape index (κ2) is 15.7. The monoisotopic (exact) mass is 663 g/mol. The zero-order valence-electron chi connectivity index (χ0n) is 27.2. The van der Waals surface area contributed by atoms with Gasteiger partial charge in [-0.2, -0.15) is 0 Å². The van der Waals surface area contributed by atoms with Crippen molar-refractivity contribution in [1.29, 1.82) is 0 Å². The van der Waals surface area contributed by atoms with Gasteiger partial charge < -0.3 is 28.7 Å². The molecule has 15 heteroatoms. The number of ether oxygens (including phenoxy) is 3. The topological polar surface area (TPSA) is 187 Å². The molecule has 0 saturated carbocycles. The lowest BCUT2D eigenvalue weighted by Gasteiger charge is -2.19. The fourth-order valence-corrected chi connectivity index (χ4v) is 5.72. The number of hydrazone groups is 1. The highest BCUT2D eigenvalue weighted by molar-refractivity contribution is 6.04. The fourth-order valence-electron chi connectivity index (χ4n) is 5.72. The molecule has 1 fully saturated rings. The number of carbonyl (C=O) groups is 2. The molecule has 5 rings (SSSR count). The first-order valence-electron chi connectivity index (χ1n) is 16.0. The number of benzene rings is 2. The zero-order valence-corrected chi connectivity index (χ0v) is 27.2. The molecule has 2 aliphatic rings. The van der Waals surface area contributed by atoms with E-state index in [-0.39, 0.29) is 24.6 Å². The number of nitrogens with one attached hydrogen (secondary N) is 3. The summed E-state index contributed by atoms with van der Waals surface area (Å²) in [6, 6.07) is 15.9. The van der Waals surface area contributed by atoms with E-state index >= 15 is 0 Å². The number of rotatable bonds is 17. The van der Waals surface area contributed by atoms with Gasteiger partial charge in [-0.1, -0.05) is 55.5 Å². The Balaban J connectivity index is 1.34. The lowest BCUT2D eigenvalue weighted by molar-refractivity contribution is 0.0194. The molecule has 3 aromatic rings. The number of unbranched alkanes of at least 4 members (excludes halogenated alkanes) is 2. The maximum Gasteiger partial charge on any atom is 0.509 e. The van der Waals surface area contributed by atoms with Gasteiger partial charge in [0.15, 0.2) is 23.0 Å². The SMILES string of the molecule is CCCc1nc(C(C)(C)O)c(C(=O)OCC2OC(=O)OC2CCCCCON=O)n1Cc1ccc(-c2ccccc2C2=NNNN2)cc1. The molecule has 4 N–H and O–H groups in total. The third-order valence-corrected chi connectivity index (χ3v) is 8.05. The van der Waals surface area contributed by atoms with Crippen LogP contribution >= 0.6 is 0 Å². The van der Waals surface area contributed by atoms with Crippen LogP contribution in [0.1, 0.15) is 86.0 Å². The van der Waals surface area contributed by atoms with E-state index in [2.05, 4.69) is 31.8 Å². The number of amidine groups is 1. The quantitative estimate of drug-likeness (QED) is 0.0692. The van der Waals surface area contributed by atoms with Crippen LogP contribution in [0.25, 0.3) is 11.1 Å². The summed E-state index contributed by atoms with van der Waals surface area (Å²) in [4.78, 5) is 45.0. The molecule has 2 aliphatic heterocycles. The molecule has 0 aliphatic carbocycles. The van der Waals surface area contributed by atoms with Gasteiger partial charge >= 0.3 is 12.1 Å². The molecule has 2 aromatic carbocycles. The number of carbonyl (C=O) groups excluding carboxylic acids is 2. The standard InChI is InChI=1S/C33H41N7O8/c1-4-10-27-34-29(33(2,3)43)28(31(41)45-20-26-25(47-32(42)48-26)13-6-5-9-18-46-39-44)40(27)19-21-14-16-22(17-15-21)23-11-7-8-12-24(23)30-35-37-38-36-30/h7-8,11-12,14-17,25-26,37-38,43H,4-6,9-10,13,18-20H2,1-3H3,(H,35,36). The van der Waals surface area contributed by atoms with Crippen LogP contribution in [-0.2, 0) is 37.6 Å². The maximum atomic E-state index is 13.8. The normalized spacial score (nSPS) is 17.2. The van der Waals surface area contributed by atoms with Crippen LogP contribution in [0.2, 0.25) is 0 Å². The van der Waals surface area contributed by atoms with Gasteiger partial charge in [0.05, 0.1) is 0 Å². The molecular formula is C33H41N7O8. The number of aliphatic hydroxyl groups is 1. The van der Waals surface area contributed by atoms with Crippen LogP contribution in [0.5, 0.6) is 0 Å². The number of hydrogen-bond acceptors (Lipinski definition) is 14. The average molecular weight is 664 g/mol. The van der Waals surface area contributed by atoms with E-state index in [9.17, 15) is 19.6 Å². The molecule has 2 atom stereocenters. The number of hydrazine groups is 2. The Bertz CT molecular complexity index is 1620. The smallest absolute Gasteiger partial charge is 0.457 e. The molecule has 0 amide bonds. The summed E-state index contributed by atoms with van der Waals surface area (Å²) in [5.74, 6) is 0.618. The van der Waals surface area contributed by atoms with Crippen molar-refractivity contribution in [2.75, 3.05) is 13.2 Å². The largest absolute Gasteiger partial charge is 0.509 e. The van der Waals surface area contributed by atoms with Crippen molar-refractivity contribution >= 4 is 18.0 Å². The number of cyclic esters (lactones) is 2. The molecule has 1 aromatic heterocycles. The van der Waals surface area contributed by atoms with E-state index in [1.165, 1.54) is 0 Å². The first-order chi connectivity index (χ1) is 23.2. The van der Waals surface area contributed by atoms with Crippen LogP contribution in [0.4, 0.5) is 4.79 Å². The van der Waals surface area contributed by atoms with Crippen LogP contribution in [0, 0.1) is 4.91 Å². The van der Waals surface area contributed by atoms with Crippen LogP contribution < -0.4 is 16.5 Å². The molecule has 3 heterocycles. The predicted molar refractivity (Wildman–Crippen MR) is 174 cm³/mol. The third-order valence-electron chi connectivity index (χ3n) is 8.05. The highest BCUT2D eigenvalue weighted by Crippen LogP contribution is 2.29. The summed E-state index contributed by atoms with van der Waals surface area (Å²) in [7, 11) is 0. The number of aryl methyl sites for hydroxylation is 1. The molecule has 2 unspecified atom stereocenters. The van der Waals surface area contributed by atoms with Crippen molar-refractivity contribution in [3.05, 3.63) is 81.8 Å². The Labute approximate surface area is 277 Å². The van der Waals surface area contributed by atoms with E-state index in [0.717, 1.165) is 35.1 Å². The van der Waals surface area contributed by atoms with E-state index in [1.807, 2.05) is 55.5 Å². The molecule has 0 radical (unpaired) electrons. The van der Waals surface area contributed by atoms with Crippen molar-refractivity contribution in [1.82, 2.24) is 26.0 Å². The molecule has 0 spiro atoms. The third kappa shape index (κ3) is 8.27. The number of nitrogens with zero attached hydrogens (tertiary/aromatic N) is 4. The molecule has 1 saturated heterocycles. The zero-order chi connectivity index (χ0) is 34.1. The van der Waals surface area contributed by atoms with Crippen molar-refractivity contribution in [2.45, 2.75) is 83.6 Å². The maximum absolute atomic E-state index is 13.8. The lowest BCUT2D eigenvalue weighted by atomic mass is 9.98. The highest BCUT2D eigenvalue weighted by atomic mass is 16.8. The highest BCUT2D eigenvalue weighted by Gasteiger charge is 2.38. The van der Waals surface area contributed by atoms with Gasteiger partial charge in [-0.05, 0) is 62.6 Å². The van der Waals surface area contributed by atoms with Gasteiger partial charge in [-0.3, -0.25) is 5.43 Å². The van der Waals surface area contributed by atoms with E-state index in [0.29, 0.717) is 43.9 Å². The van der Waals surface area contributed by atoms with Crippen molar-refractivity contribution in [2.24, 2.45) is 10.4 Å². The Kier molecular flexibility index (Phi) is 11.2. The number of aromatic nitrogens is 2. The first-order valence-corrected chi connectivity index (χ1v) is 16.0. The van der Waals surface area contributed by atoms with Gasteiger partial charge in [-0.15, -0.1) is 15.5 Å². The van der Waals surface area contributed by atoms with Crippen LogP contribution in [0.15, 0.2) is 59.0 Å². The predicted octanol–water partition coefficient (Wildman–Crippen LogP) is 4.37. The molecule has 48 heavy (non-hydrogen) atoms. The second-order valence-electron chi connectivity index (χ2n) is 12.1. The van der Waals surface area contributed by atoms with Gasteiger partial charge in [-0.25, -0.2) is 20.1 Å². The Morgan fingerprint density at radius 3 is 2.50 bits per heavy atom. The Morgan fingerprint density at radius 1 is 1.06 bits per heavy atom. The van der Waals surface area contributed by atoms with Crippen molar-refractivity contribution in [3.8, 4) is 11.1 Å².